The zero-order valence-electron chi connectivity index (χ0n) is 9.43. The highest BCUT2D eigenvalue weighted by Crippen LogP contribution is 2.12. The molecule has 0 spiro atoms. The first kappa shape index (κ1) is 13.4. The lowest BCUT2D eigenvalue weighted by molar-refractivity contribution is -0.137. The molecule has 17 heavy (non-hydrogen) atoms. The lowest BCUT2D eigenvalue weighted by Gasteiger charge is -2.11. The van der Waals surface area contributed by atoms with Crippen LogP contribution in [0.5, 0.6) is 5.75 Å². The SMILES string of the molecule is NC(CCOc1cccc(F)c1)CCC(=O)O. The molecule has 0 heterocycles. The van der Waals surface area contributed by atoms with Crippen molar-refractivity contribution < 1.29 is 19.0 Å². The molecule has 1 atom stereocenters. The molecule has 4 nitrogen and oxygen atoms in total. The van der Waals surface area contributed by atoms with Crippen LogP contribution in [0.3, 0.4) is 0 Å². The number of carboxylic acids is 1. The fourth-order valence-electron chi connectivity index (χ4n) is 1.34. The van der Waals surface area contributed by atoms with Crippen molar-refractivity contribution in [2.45, 2.75) is 25.3 Å². The number of aliphatic carboxylic acids is 1. The smallest absolute Gasteiger partial charge is 0.303 e. The highest BCUT2D eigenvalue weighted by atomic mass is 19.1. The summed E-state index contributed by atoms with van der Waals surface area (Å²) >= 11 is 0. The van der Waals surface area contributed by atoms with E-state index in [0.717, 1.165) is 0 Å². The van der Waals surface area contributed by atoms with Crippen molar-refractivity contribution in [2.24, 2.45) is 5.73 Å². The number of nitrogens with two attached hydrogens (primary N) is 1. The van der Waals surface area contributed by atoms with E-state index in [1.165, 1.54) is 12.1 Å². The minimum absolute atomic E-state index is 0.0567. The predicted octanol–water partition coefficient (Wildman–Crippen LogP) is 1.79. The second kappa shape index (κ2) is 6.85. The second-order valence-electron chi connectivity index (χ2n) is 3.79. The Kier molecular flexibility index (Phi) is 5.42. The van der Waals surface area contributed by atoms with E-state index in [0.29, 0.717) is 25.2 Å². The Morgan fingerprint density at radius 1 is 1.47 bits per heavy atom. The van der Waals surface area contributed by atoms with Gasteiger partial charge in [-0.05, 0) is 25.0 Å². The number of rotatable bonds is 7. The van der Waals surface area contributed by atoms with Crippen molar-refractivity contribution in [3.8, 4) is 5.75 Å². The molecule has 1 aromatic rings. The highest BCUT2D eigenvalue weighted by Gasteiger charge is 2.06. The molecule has 0 fully saturated rings. The normalized spacial score (nSPS) is 12.1. The quantitative estimate of drug-likeness (QED) is 0.763. The zero-order chi connectivity index (χ0) is 12.7. The lowest BCUT2D eigenvalue weighted by Crippen LogP contribution is -2.23. The summed E-state index contributed by atoms with van der Waals surface area (Å²) in [5.41, 5.74) is 5.70. The van der Waals surface area contributed by atoms with Gasteiger partial charge in [-0.2, -0.15) is 0 Å². The second-order valence-corrected chi connectivity index (χ2v) is 3.79. The molecule has 0 aliphatic heterocycles. The van der Waals surface area contributed by atoms with Gasteiger partial charge in [-0.1, -0.05) is 6.07 Å². The third kappa shape index (κ3) is 5.87. The van der Waals surface area contributed by atoms with Crippen LogP contribution >= 0.6 is 0 Å². The Bertz CT molecular complexity index is 371. The maximum absolute atomic E-state index is 12.8. The maximum Gasteiger partial charge on any atom is 0.303 e. The molecule has 0 aromatic heterocycles. The summed E-state index contributed by atoms with van der Waals surface area (Å²) in [6.07, 6.45) is 1.02. The molecule has 1 rings (SSSR count). The number of hydrogen-bond donors (Lipinski definition) is 2. The number of halogens is 1. The van der Waals surface area contributed by atoms with E-state index in [-0.39, 0.29) is 18.3 Å². The van der Waals surface area contributed by atoms with Crippen molar-refractivity contribution in [3.05, 3.63) is 30.1 Å². The van der Waals surface area contributed by atoms with Crippen molar-refractivity contribution in [1.29, 1.82) is 0 Å². The lowest BCUT2D eigenvalue weighted by atomic mass is 10.1. The van der Waals surface area contributed by atoms with Crippen LogP contribution in [0.2, 0.25) is 0 Å². The van der Waals surface area contributed by atoms with Gasteiger partial charge in [0.2, 0.25) is 0 Å². The number of benzene rings is 1. The Morgan fingerprint density at radius 3 is 2.88 bits per heavy atom. The van der Waals surface area contributed by atoms with Gasteiger partial charge in [-0.15, -0.1) is 0 Å². The molecule has 0 aliphatic rings. The molecule has 3 N–H and O–H groups in total. The number of ether oxygens (including phenoxy) is 1. The Labute approximate surface area is 99.2 Å². The van der Waals surface area contributed by atoms with Gasteiger partial charge in [0.25, 0.3) is 0 Å². The first-order valence-corrected chi connectivity index (χ1v) is 5.43. The summed E-state index contributed by atoms with van der Waals surface area (Å²) in [5.74, 6) is -0.750. The summed E-state index contributed by atoms with van der Waals surface area (Å²) in [5, 5.41) is 8.47. The van der Waals surface area contributed by atoms with Gasteiger partial charge in [0.15, 0.2) is 0 Å². The van der Waals surface area contributed by atoms with Gasteiger partial charge in [-0.25, -0.2) is 4.39 Å². The van der Waals surface area contributed by atoms with E-state index >= 15 is 0 Å². The van der Waals surface area contributed by atoms with Gasteiger partial charge in [0.05, 0.1) is 6.61 Å². The third-order valence-electron chi connectivity index (χ3n) is 2.28. The van der Waals surface area contributed by atoms with Crippen molar-refractivity contribution in [3.63, 3.8) is 0 Å². The highest BCUT2D eigenvalue weighted by molar-refractivity contribution is 5.66. The molecule has 1 unspecified atom stereocenters. The van der Waals surface area contributed by atoms with Crippen molar-refractivity contribution in [2.75, 3.05) is 6.61 Å². The van der Waals surface area contributed by atoms with Crippen LogP contribution in [0, 0.1) is 5.82 Å². The van der Waals surface area contributed by atoms with Crippen LogP contribution in [-0.2, 0) is 4.79 Å². The minimum Gasteiger partial charge on any atom is -0.493 e. The number of carboxylic acid groups (broad SMARTS) is 1. The zero-order valence-corrected chi connectivity index (χ0v) is 9.43. The molecule has 0 aliphatic carbocycles. The van der Waals surface area contributed by atoms with Crippen molar-refractivity contribution >= 4 is 5.97 Å². The Balaban J connectivity index is 2.21. The first-order chi connectivity index (χ1) is 8.08. The Hall–Kier alpha value is -1.62. The van der Waals surface area contributed by atoms with E-state index in [1.807, 2.05) is 0 Å². The molecule has 94 valence electrons. The van der Waals surface area contributed by atoms with Crippen LogP contribution in [-0.4, -0.2) is 23.7 Å². The van der Waals surface area contributed by atoms with Crippen LogP contribution in [0.1, 0.15) is 19.3 Å². The molecular formula is C12H16FNO3. The van der Waals surface area contributed by atoms with E-state index in [4.69, 9.17) is 15.6 Å². The average Bonchev–Trinajstić information content (AvgIpc) is 2.26. The monoisotopic (exact) mass is 241 g/mol. The van der Waals surface area contributed by atoms with E-state index in [2.05, 4.69) is 0 Å². The van der Waals surface area contributed by atoms with Crippen LogP contribution in [0.15, 0.2) is 24.3 Å². The first-order valence-electron chi connectivity index (χ1n) is 5.43. The predicted molar refractivity (Wildman–Crippen MR) is 61.4 cm³/mol. The molecule has 0 amide bonds. The fourth-order valence-corrected chi connectivity index (χ4v) is 1.34. The standard InChI is InChI=1S/C12H16FNO3/c13-9-2-1-3-11(8-9)17-7-6-10(14)4-5-12(15)16/h1-3,8,10H,4-7,14H2,(H,15,16). The molecule has 0 saturated carbocycles. The molecule has 1 aromatic carbocycles. The maximum atomic E-state index is 12.8. The summed E-state index contributed by atoms with van der Waals surface area (Å²) in [6.45, 7) is 0.351. The number of hydrogen-bond acceptors (Lipinski definition) is 3. The molecule has 0 radical (unpaired) electrons. The molecule has 5 heteroatoms. The fraction of sp³-hybridized carbons (Fsp3) is 0.417. The van der Waals surface area contributed by atoms with Gasteiger partial charge < -0.3 is 15.6 Å². The topological polar surface area (TPSA) is 72.5 Å². The average molecular weight is 241 g/mol. The van der Waals surface area contributed by atoms with Gasteiger partial charge in [-0.3, -0.25) is 4.79 Å². The van der Waals surface area contributed by atoms with Crippen molar-refractivity contribution in [1.82, 2.24) is 0 Å². The van der Waals surface area contributed by atoms with E-state index in [9.17, 15) is 9.18 Å². The van der Waals surface area contributed by atoms with E-state index < -0.39 is 5.97 Å². The third-order valence-corrected chi connectivity index (χ3v) is 2.28. The van der Waals surface area contributed by atoms with Crippen LogP contribution in [0.25, 0.3) is 0 Å². The molecular weight excluding hydrogens is 225 g/mol. The van der Waals surface area contributed by atoms with Crippen LogP contribution < -0.4 is 10.5 Å². The summed E-state index contributed by atoms with van der Waals surface area (Å²) in [6, 6.07) is 5.65. The van der Waals surface area contributed by atoms with Gasteiger partial charge in [0, 0.05) is 18.5 Å². The van der Waals surface area contributed by atoms with Gasteiger partial charge >= 0.3 is 5.97 Å². The van der Waals surface area contributed by atoms with Gasteiger partial charge in [0.1, 0.15) is 11.6 Å². The largest absolute Gasteiger partial charge is 0.493 e. The summed E-state index contributed by atoms with van der Waals surface area (Å²) < 4.78 is 18.1. The molecule has 0 bridgehead atoms. The summed E-state index contributed by atoms with van der Waals surface area (Å²) in [4.78, 5) is 10.3. The summed E-state index contributed by atoms with van der Waals surface area (Å²) in [7, 11) is 0. The minimum atomic E-state index is -0.855. The van der Waals surface area contributed by atoms with Crippen LogP contribution in [0.4, 0.5) is 4.39 Å². The number of carbonyl (C=O) groups is 1. The van der Waals surface area contributed by atoms with E-state index in [1.54, 1.807) is 12.1 Å². The Morgan fingerprint density at radius 2 is 2.24 bits per heavy atom. The molecule has 0 saturated heterocycles.